The van der Waals surface area contributed by atoms with Gasteiger partial charge in [0.1, 0.15) is 0 Å². The van der Waals surface area contributed by atoms with Crippen LogP contribution >= 0.6 is 12.4 Å². The van der Waals surface area contributed by atoms with E-state index in [1.807, 2.05) is 0 Å². The first-order valence-corrected chi connectivity index (χ1v) is 2.74. The van der Waals surface area contributed by atoms with Crippen LogP contribution in [0.5, 0.6) is 0 Å². The lowest BCUT2D eigenvalue weighted by molar-refractivity contribution is 0.116. The summed E-state index contributed by atoms with van der Waals surface area (Å²) < 4.78 is 23.2. The molecule has 1 aliphatic carbocycles. The Labute approximate surface area is 59.0 Å². The molecule has 9 heavy (non-hydrogen) atoms. The summed E-state index contributed by atoms with van der Waals surface area (Å²) in [5.41, 5.74) is 5.13. The Morgan fingerprint density at radius 1 is 1.56 bits per heavy atom. The average molecular weight is 158 g/mol. The molecule has 0 aromatic rings. The first-order valence-electron chi connectivity index (χ1n) is 2.74. The second-order valence-electron chi connectivity index (χ2n) is 2.23. The predicted octanol–water partition coefficient (Wildman–Crippen LogP) is 1.27. The van der Waals surface area contributed by atoms with E-state index in [1.165, 1.54) is 0 Å². The predicted molar refractivity (Wildman–Crippen MR) is 33.9 cm³/mol. The smallest absolute Gasteiger partial charge is 0.241 e. The van der Waals surface area contributed by atoms with Crippen LogP contribution in [0.4, 0.5) is 8.78 Å². The van der Waals surface area contributed by atoms with Crippen LogP contribution in [0.25, 0.3) is 0 Å². The van der Waals surface area contributed by atoms with Crippen LogP contribution < -0.4 is 5.73 Å². The fourth-order valence-electron chi connectivity index (χ4n) is 0.851. The SMILES string of the molecule is Cl.NCC1CC1C(F)F. The molecule has 1 saturated carbocycles. The van der Waals surface area contributed by atoms with Crippen LogP contribution in [0, 0.1) is 11.8 Å². The largest absolute Gasteiger partial charge is 0.330 e. The monoisotopic (exact) mass is 157 g/mol. The molecular formula is C5H10ClF2N. The lowest BCUT2D eigenvalue weighted by Crippen LogP contribution is -2.05. The summed E-state index contributed by atoms with van der Waals surface area (Å²) in [5.74, 6) is -0.255. The molecule has 1 rings (SSSR count). The molecule has 1 nitrogen and oxygen atoms in total. The average Bonchev–Trinajstić information content (AvgIpc) is 2.42. The quantitative estimate of drug-likeness (QED) is 0.642. The molecule has 4 heteroatoms. The van der Waals surface area contributed by atoms with Crippen LogP contribution in [-0.4, -0.2) is 13.0 Å². The van der Waals surface area contributed by atoms with Crippen molar-refractivity contribution in [3.63, 3.8) is 0 Å². The van der Waals surface area contributed by atoms with Crippen LogP contribution in [-0.2, 0) is 0 Å². The molecule has 2 atom stereocenters. The Morgan fingerprint density at radius 2 is 2.11 bits per heavy atom. The van der Waals surface area contributed by atoms with E-state index in [0.717, 1.165) is 0 Å². The maximum absolute atomic E-state index is 11.6. The summed E-state index contributed by atoms with van der Waals surface area (Å²) in [5, 5.41) is 0. The van der Waals surface area contributed by atoms with Crippen LogP contribution in [0.2, 0.25) is 0 Å². The summed E-state index contributed by atoms with van der Waals surface area (Å²) in [6, 6.07) is 0. The highest BCUT2D eigenvalue weighted by molar-refractivity contribution is 5.85. The molecule has 2 unspecified atom stereocenters. The molecule has 0 saturated heterocycles. The lowest BCUT2D eigenvalue weighted by Gasteiger charge is -1.91. The second kappa shape index (κ2) is 3.32. The molecule has 0 spiro atoms. The molecule has 0 aromatic heterocycles. The van der Waals surface area contributed by atoms with Crippen LogP contribution in [0.15, 0.2) is 0 Å². The van der Waals surface area contributed by atoms with Gasteiger partial charge in [-0.25, -0.2) is 8.78 Å². The lowest BCUT2D eigenvalue weighted by atomic mass is 10.3. The highest BCUT2D eigenvalue weighted by Crippen LogP contribution is 2.41. The van der Waals surface area contributed by atoms with Crippen molar-refractivity contribution in [1.82, 2.24) is 0 Å². The molecule has 0 bridgehead atoms. The molecule has 56 valence electrons. The highest BCUT2D eigenvalue weighted by Gasteiger charge is 2.42. The zero-order chi connectivity index (χ0) is 6.15. The summed E-state index contributed by atoms with van der Waals surface area (Å²) in [6.45, 7) is 0.426. The van der Waals surface area contributed by atoms with Gasteiger partial charge in [0.15, 0.2) is 0 Å². The number of nitrogens with two attached hydrogens (primary N) is 1. The molecule has 0 aliphatic heterocycles. The Hall–Kier alpha value is 0.110. The van der Waals surface area contributed by atoms with Gasteiger partial charge in [0.05, 0.1) is 0 Å². The van der Waals surface area contributed by atoms with Crippen molar-refractivity contribution in [3.8, 4) is 0 Å². The zero-order valence-corrected chi connectivity index (χ0v) is 5.70. The maximum Gasteiger partial charge on any atom is 0.241 e. The second-order valence-corrected chi connectivity index (χ2v) is 2.23. The minimum absolute atomic E-state index is 0. The van der Waals surface area contributed by atoms with E-state index in [9.17, 15) is 8.78 Å². The number of rotatable bonds is 2. The Morgan fingerprint density at radius 3 is 2.22 bits per heavy atom. The standard InChI is InChI=1S/C5H9F2N.ClH/c6-5(7)4-1-3(4)2-8;/h3-5H,1-2,8H2;1H. The van der Waals surface area contributed by atoms with E-state index in [2.05, 4.69) is 0 Å². The van der Waals surface area contributed by atoms with E-state index in [1.54, 1.807) is 0 Å². The third kappa shape index (κ3) is 2.06. The van der Waals surface area contributed by atoms with Gasteiger partial charge in [-0.3, -0.25) is 0 Å². The first kappa shape index (κ1) is 9.11. The normalized spacial score (nSPS) is 32.0. The van der Waals surface area contributed by atoms with Gasteiger partial charge in [-0.2, -0.15) is 0 Å². The number of alkyl halides is 2. The molecular weight excluding hydrogens is 148 g/mol. The van der Waals surface area contributed by atoms with Gasteiger partial charge in [0, 0.05) is 5.92 Å². The van der Waals surface area contributed by atoms with Gasteiger partial charge in [-0.1, -0.05) is 0 Å². The van der Waals surface area contributed by atoms with E-state index in [0.29, 0.717) is 13.0 Å². The van der Waals surface area contributed by atoms with Crippen molar-refractivity contribution in [2.24, 2.45) is 17.6 Å². The van der Waals surface area contributed by atoms with Gasteiger partial charge in [-0.05, 0) is 18.9 Å². The summed E-state index contributed by atoms with van der Waals surface area (Å²) in [7, 11) is 0. The molecule has 2 N–H and O–H groups in total. The minimum atomic E-state index is -2.14. The van der Waals surface area contributed by atoms with Crippen molar-refractivity contribution < 1.29 is 8.78 Å². The Kier molecular flexibility index (Phi) is 3.36. The first-order chi connectivity index (χ1) is 3.75. The van der Waals surface area contributed by atoms with E-state index >= 15 is 0 Å². The summed E-state index contributed by atoms with van der Waals surface area (Å²) in [6.07, 6.45) is -1.50. The van der Waals surface area contributed by atoms with E-state index in [4.69, 9.17) is 5.73 Å². The molecule has 1 aliphatic rings. The number of halogens is 3. The Balaban J connectivity index is 0.000000640. The fourth-order valence-corrected chi connectivity index (χ4v) is 0.851. The molecule has 0 amide bonds. The van der Waals surface area contributed by atoms with Gasteiger partial charge < -0.3 is 5.73 Å². The van der Waals surface area contributed by atoms with Gasteiger partial charge in [0.25, 0.3) is 0 Å². The van der Waals surface area contributed by atoms with Gasteiger partial charge >= 0.3 is 0 Å². The topological polar surface area (TPSA) is 26.0 Å². The molecule has 0 heterocycles. The van der Waals surface area contributed by atoms with Gasteiger partial charge in [0.2, 0.25) is 6.43 Å². The third-order valence-electron chi connectivity index (χ3n) is 1.60. The minimum Gasteiger partial charge on any atom is -0.330 e. The highest BCUT2D eigenvalue weighted by atomic mass is 35.5. The van der Waals surface area contributed by atoms with E-state index < -0.39 is 6.43 Å². The third-order valence-corrected chi connectivity index (χ3v) is 1.60. The zero-order valence-electron chi connectivity index (χ0n) is 4.89. The maximum atomic E-state index is 11.6. The van der Waals surface area contributed by atoms with E-state index in [-0.39, 0.29) is 24.2 Å². The summed E-state index contributed by atoms with van der Waals surface area (Å²) in [4.78, 5) is 0. The van der Waals surface area contributed by atoms with Crippen molar-refractivity contribution in [2.45, 2.75) is 12.8 Å². The molecule has 0 aromatic carbocycles. The van der Waals surface area contributed by atoms with Crippen LogP contribution in [0.3, 0.4) is 0 Å². The fraction of sp³-hybridized carbons (Fsp3) is 1.00. The molecule has 0 radical (unpaired) electrons. The van der Waals surface area contributed by atoms with Crippen molar-refractivity contribution in [3.05, 3.63) is 0 Å². The van der Waals surface area contributed by atoms with Crippen molar-refractivity contribution >= 4 is 12.4 Å². The Bertz CT molecular complexity index is 89.0. The number of hydrogen-bond acceptors (Lipinski definition) is 1. The molecule has 1 fully saturated rings. The van der Waals surface area contributed by atoms with Crippen molar-refractivity contribution in [1.29, 1.82) is 0 Å². The van der Waals surface area contributed by atoms with Crippen LogP contribution in [0.1, 0.15) is 6.42 Å². The summed E-state index contributed by atoms with van der Waals surface area (Å²) >= 11 is 0. The van der Waals surface area contributed by atoms with Gasteiger partial charge in [-0.15, -0.1) is 12.4 Å². The number of hydrogen-bond donors (Lipinski definition) is 1. The van der Waals surface area contributed by atoms with Crippen molar-refractivity contribution in [2.75, 3.05) is 6.54 Å².